The largest absolute Gasteiger partial charge is 0.456 e. The minimum atomic E-state index is 0.846. The summed E-state index contributed by atoms with van der Waals surface area (Å²) in [6, 6.07) is 62.1. The van der Waals surface area contributed by atoms with Crippen molar-refractivity contribution in [1.82, 2.24) is 0 Å². The second-order valence-corrected chi connectivity index (χ2v) is 12.5. The summed E-state index contributed by atoms with van der Waals surface area (Å²) >= 11 is 0. The molecule has 2 heterocycles. The predicted molar refractivity (Wildman–Crippen MR) is 204 cm³/mol. The standard InChI is InChI=1S/C46H29NO2/c1-2-11-32(12-3-1)37-25-26-40-38-14-6-9-17-43(38)49-46(40)45(37)47(36-24-27-44-41(29-36)39-15-7-8-16-42(39)48-44)35-22-20-31(21-23-35)34-19-18-30-10-4-5-13-33(30)28-34/h1-29H. The number of anilines is 3. The van der Waals surface area contributed by atoms with Gasteiger partial charge < -0.3 is 13.7 Å². The molecule has 0 unspecified atom stereocenters. The second-order valence-electron chi connectivity index (χ2n) is 12.5. The molecule has 0 amide bonds. The van der Waals surface area contributed by atoms with E-state index in [1.54, 1.807) is 0 Å². The molecule has 3 nitrogen and oxygen atoms in total. The van der Waals surface area contributed by atoms with E-state index in [2.05, 4.69) is 157 Å². The van der Waals surface area contributed by atoms with Gasteiger partial charge in [0.1, 0.15) is 16.7 Å². The summed E-state index contributed by atoms with van der Waals surface area (Å²) in [5.74, 6) is 0. The van der Waals surface area contributed by atoms with Crippen LogP contribution in [-0.2, 0) is 0 Å². The Bertz CT molecular complexity index is 2830. The molecule has 0 spiro atoms. The Labute approximate surface area is 282 Å². The summed E-state index contributed by atoms with van der Waals surface area (Å²) in [6.45, 7) is 0. The highest BCUT2D eigenvalue weighted by Crippen LogP contribution is 2.48. The van der Waals surface area contributed by atoms with E-state index in [4.69, 9.17) is 8.83 Å². The molecule has 0 aliphatic rings. The van der Waals surface area contributed by atoms with Crippen molar-refractivity contribution in [2.24, 2.45) is 0 Å². The highest BCUT2D eigenvalue weighted by Gasteiger charge is 2.24. The Morgan fingerprint density at radius 2 is 0.980 bits per heavy atom. The van der Waals surface area contributed by atoms with Crippen molar-refractivity contribution in [1.29, 1.82) is 0 Å². The summed E-state index contributed by atoms with van der Waals surface area (Å²) in [4.78, 5) is 2.35. The molecule has 0 aliphatic carbocycles. The molecule has 8 aromatic carbocycles. The van der Waals surface area contributed by atoms with Crippen LogP contribution in [0.1, 0.15) is 0 Å². The zero-order chi connectivity index (χ0) is 32.3. The van der Waals surface area contributed by atoms with Crippen LogP contribution in [-0.4, -0.2) is 0 Å². The third-order valence-electron chi connectivity index (χ3n) is 9.66. The van der Waals surface area contributed by atoms with E-state index in [1.807, 2.05) is 24.3 Å². The van der Waals surface area contributed by atoms with Gasteiger partial charge in [0, 0.05) is 38.5 Å². The van der Waals surface area contributed by atoms with Gasteiger partial charge >= 0.3 is 0 Å². The van der Waals surface area contributed by atoms with Gasteiger partial charge in [0.05, 0.1) is 5.69 Å². The third kappa shape index (κ3) is 4.51. The van der Waals surface area contributed by atoms with Crippen molar-refractivity contribution in [3.05, 3.63) is 176 Å². The van der Waals surface area contributed by atoms with Crippen LogP contribution >= 0.6 is 0 Å². The van der Waals surface area contributed by atoms with Gasteiger partial charge in [-0.15, -0.1) is 0 Å². The van der Waals surface area contributed by atoms with Gasteiger partial charge in [0.2, 0.25) is 0 Å². The van der Waals surface area contributed by atoms with E-state index in [1.165, 1.54) is 16.3 Å². The Morgan fingerprint density at radius 1 is 0.347 bits per heavy atom. The fraction of sp³-hybridized carbons (Fsp3) is 0. The molecule has 2 aromatic heterocycles. The summed E-state index contributed by atoms with van der Waals surface area (Å²) < 4.78 is 13.0. The SMILES string of the molecule is c1ccc(-c2ccc3c(oc4ccccc43)c2N(c2ccc(-c3ccc4ccccc4c3)cc2)c2ccc3oc4ccccc4c3c2)cc1. The minimum absolute atomic E-state index is 0.846. The van der Waals surface area contributed by atoms with Crippen LogP contribution in [0.25, 0.3) is 76.9 Å². The highest BCUT2D eigenvalue weighted by atomic mass is 16.3. The fourth-order valence-electron chi connectivity index (χ4n) is 7.28. The van der Waals surface area contributed by atoms with Gasteiger partial charge in [0.15, 0.2) is 5.58 Å². The van der Waals surface area contributed by atoms with Crippen molar-refractivity contribution >= 4 is 71.7 Å². The van der Waals surface area contributed by atoms with Gasteiger partial charge in [-0.05, 0) is 82.1 Å². The van der Waals surface area contributed by atoms with Crippen LogP contribution in [0.2, 0.25) is 0 Å². The first kappa shape index (κ1) is 27.5. The first-order valence-electron chi connectivity index (χ1n) is 16.6. The van der Waals surface area contributed by atoms with Crippen molar-refractivity contribution in [2.75, 3.05) is 4.90 Å². The number of furan rings is 2. The van der Waals surface area contributed by atoms with Crippen LogP contribution in [0.5, 0.6) is 0 Å². The molecule has 0 N–H and O–H groups in total. The molecule has 49 heavy (non-hydrogen) atoms. The third-order valence-corrected chi connectivity index (χ3v) is 9.66. The van der Waals surface area contributed by atoms with Crippen molar-refractivity contribution < 1.29 is 8.83 Å². The minimum Gasteiger partial charge on any atom is -0.456 e. The topological polar surface area (TPSA) is 29.5 Å². The molecule has 10 aromatic rings. The van der Waals surface area contributed by atoms with Crippen molar-refractivity contribution in [3.8, 4) is 22.3 Å². The lowest BCUT2D eigenvalue weighted by atomic mass is 9.98. The van der Waals surface area contributed by atoms with Gasteiger partial charge in [-0.25, -0.2) is 0 Å². The zero-order valence-electron chi connectivity index (χ0n) is 26.5. The molecule has 0 saturated heterocycles. The van der Waals surface area contributed by atoms with Crippen LogP contribution in [0.3, 0.4) is 0 Å². The smallest absolute Gasteiger partial charge is 0.160 e. The molecular formula is C46H29NO2. The molecular weight excluding hydrogens is 599 g/mol. The Balaban J connectivity index is 1.24. The molecule has 0 atom stereocenters. The Morgan fingerprint density at radius 3 is 1.80 bits per heavy atom. The lowest BCUT2D eigenvalue weighted by Gasteiger charge is -2.28. The Hall–Kier alpha value is -6.58. The lowest BCUT2D eigenvalue weighted by Crippen LogP contribution is -2.11. The average molecular weight is 628 g/mol. The highest BCUT2D eigenvalue weighted by molar-refractivity contribution is 6.14. The van der Waals surface area contributed by atoms with E-state index >= 15 is 0 Å². The Kier molecular flexibility index (Phi) is 6.18. The van der Waals surface area contributed by atoms with E-state index < -0.39 is 0 Å². The molecule has 0 radical (unpaired) electrons. The quantitative estimate of drug-likeness (QED) is 0.190. The van der Waals surface area contributed by atoms with E-state index in [0.717, 1.165) is 77.6 Å². The number of hydrogen-bond acceptors (Lipinski definition) is 3. The van der Waals surface area contributed by atoms with E-state index in [9.17, 15) is 0 Å². The average Bonchev–Trinajstić information content (AvgIpc) is 3.74. The summed E-state index contributed by atoms with van der Waals surface area (Å²) in [5.41, 5.74) is 11.0. The molecule has 230 valence electrons. The van der Waals surface area contributed by atoms with Gasteiger partial charge in [-0.3, -0.25) is 0 Å². The maximum atomic E-state index is 6.79. The molecule has 3 heteroatoms. The molecule has 0 bridgehead atoms. The lowest BCUT2D eigenvalue weighted by molar-refractivity contribution is 0.669. The summed E-state index contributed by atoms with van der Waals surface area (Å²) in [5, 5.41) is 6.82. The van der Waals surface area contributed by atoms with Gasteiger partial charge in [-0.1, -0.05) is 121 Å². The molecule has 0 saturated carbocycles. The number of fused-ring (bicyclic) bond motifs is 7. The van der Waals surface area contributed by atoms with Crippen LogP contribution < -0.4 is 4.90 Å². The molecule has 0 fully saturated rings. The summed E-state index contributed by atoms with van der Waals surface area (Å²) in [7, 11) is 0. The fourth-order valence-corrected chi connectivity index (χ4v) is 7.28. The number of nitrogens with zero attached hydrogens (tertiary/aromatic N) is 1. The zero-order valence-corrected chi connectivity index (χ0v) is 26.5. The number of benzene rings is 8. The normalized spacial score (nSPS) is 11.7. The maximum Gasteiger partial charge on any atom is 0.160 e. The number of para-hydroxylation sites is 2. The second kappa shape index (κ2) is 11.0. The van der Waals surface area contributed by atoms with Crippen molar-refractivity contribution in [2.45, 2.75) is 0 Å². The molecule has 10 rings (SSSR count). The van der Waals surface area contributed by atoms with Crippen molar-refractivity contribution in [3.63, 3.8) is 0 Å². The van der Waals surface area contributed by atoms with Crippen LogP contribution in [0.4, 0.5) is 17.1 Å². The predicted octanol–water partition coefficient (Wildman–Crippen LogP) is 13.4. The van der Waals surface area contributed by atoms with Gasteiger partial charge in [0.25, 0.3) is 0 Å². The van der Waals surface area contributed by atoms with Gasteiger partial charge in [-0.2, -0.15) is 0 Å². The maximum absolute atomic E-state index is 6.79. The van der Waals surface area contributed by atoms with E-state index in [-0.39, 0.29) is 0 Å². The number of hydrogen-bond donors (Lipinski definition) is 0. The van der Waals surface area contributed by atoms with Crippen LogP contribution in [0.15, 0.2) is 185 Å². The van der Waals surface area contributed by atoms with Crippen LogP contribution in [0, 0.1) is 0 Å². The number of rotatable bonds is 5. The first-order chi connectivity index (χ1) is 24.3. The molecule has 0 aliphatic heterocycles. The monoisotopic (exact) mass is 627 g/mol. The first-order valence-corrected chi connectivity index (χ1v) is 16.6. The summed E-state index contributed by atoms with van der Waals surface area (Å²) in [6.07, 6.45) is 0. The van der Waals surface area contributed by atoms with E-state index in [0.29, 0.717) is 0 Å².